The Morgan fingerprint density at radius 1 is 0.897 bits per heavy atom. The van der Waals surface area contributed by atoms with Crippen molar-refractivity contribution in [3.63, 3.8) is 0 Å². The van der Waals surface area contributed by atoms with Crippen LogP contribution in [0.5, 0.6) is 0 Å². The quantitative estimate of drug-likeness (QED) is 0.574. The van der Waals surface area contributed by atoms with Crippen LogP contribution in [0.2, 0.25) is 0 Å². The van der Waals surface area contributed by atoms with E-state index in [1.807, 2.05) is 0 Å². The third kappa shape index (κ3) is 3.19. The van der Waals surface area contributed by atoms with Crippen LogP contribution in [0.25, 0.3) is 11.0 Å². The summed E-state index contributed by atoms with van der Waals surface area (Å²) in [6, 6.07) is 20.1. The van der Waals surface area contributed by atoms with E-state index < -0.39 is 0 Å². The van der Waals surface area contributed by atoms with Gasteiger partial charge in [0.05, 0.1) is 23.1 Å². The minimum absolute atomic E-state index is 0.0475. The molecule has 0 N–H and O–H groups in total. The number of para-hydroxylation sites is 3. The fraction of sp³-hybridized carbons (Fsp3) is 0.480. The molecule has 154 valence electrons. The molecule has 4 heteroatoms. The molecule has 0 radical (unpaired) electrons. The summed E-state index contributed by atoms with van der Waals surface area (Å²) >= 11 is 0. The second-order valence-electron chi connectivity index (χ2n) is 9.82. The molecule has 1 fully saturated rings. The maximum atomic E-state index is 5.09. The van der Waals surface area contributed by atoms with Gasteiger partial charge in [-0.2, -0.15) is 0 Å². The third-order valence-electron chi connectivity index (χ3n) is 6.29. The van der Waals surface area contributed by atoms with E-state index in [1.165, 1.54) is 11.2 Å². The Morgan fingerprint density at radius 3 is 2.10 bits per heavy atom. The Bertz CT molecular complexity index is 983. The van der Waals surface area contributed by atoms with Gasteiger partial charge in [0.2, 0.25) is 5.95 Å². The van der Waals surface area contributed by atoms with Gasteiger partial charge in [-0.15, -0.1) is 0 Å². The van der Waals surface area contributed by atoms with E-state index >= 15 is 0 Å². The van der Waals surface area contributed by atoms with Crippen LogP contribution in [0.3, 0.4) is 0 Å². The topological polar surface area (TPSA) is 24.3 Å². The first-order valence-corrected chi connectivity index (χ1v) is 10.7. The molecule has 0 spiro atoms. The van der Waals surface area contributed by atoms with Crippen LogP contribution < -0.4 is 9.80 Å². The molecule has 4 rings (SSSR count). The van der Waals surface area contributed by atoms with E-state index in [0.717, 1.165) is 11.5 Å². The van der Waals surface area contributed by atoms with Gasteiger partial charge in [-0.3, -0.25) is 0 Å². The molecule has 1 aliphatic rings. The van der Waals surface area contributed by atoms with Crippen LogP contribution in [0.4, 0.5) is 11.6 Å². The molecule has 29 heavy (non-hydrogen) atoms. The Morgan fingerprint density at radius 2 is 1.52 bits per heavy atom. The van der Waals surface area contributed by atoms with Gasteiger partial charge < -0.3 is 14.4 Å². The predicted octanol–water partition coefficient (Wildman–Crippen LogP) is 5.69. The average Bonchev–Trinajstić information content (AvgIpc) is 3.17. The first-order valence-electron chi connectivity index (χ1n) is 10.7. The number of imidazole rings is 1. The molecule has 1 aromatic heterocycles. The molecular formula is C25H34N4. The van der Waals surface area contributed by atoms with Crippen molar-refractivity contribution >= 4 is 22.7 Å². The SMILES string of the molecule is CC(C)C1[C@H](C)N(c2nc3ccccc3n2C)C(C(C)(C)C)N1c1ccccc1. The van der Waals surface area contributed by atoms with Crippen LogP contribution in [-0.2, 0) is 7.05 Å². The standard InChI is InChI=1S/C25H34N4/c1-17(2)22-18(3)28(24-26-20-15-11-12-16-21(20)27(24)7)23(25(4,5)6)29(22)19-13-9-8-10-14-19/h8-18,22-23H,1-7H3/t18-,22?,23?/m0/s1. The van der Waals surface area contributed by atoms with Crippen molar-refractivity contribution in [2.45, 2.75) is 59.8 Å². The smallest absolute Gasteiger partial charge is 0.208 e. The largest absolute Gasteiger partial charge is 0.345 e. The first kappa shape index (κ1) is 19.8. The number of nitrogens with zero attached hydrogens (tertiary/aromatic N) is 4. The van der Waals surface area contributed by atoms with Gasteiger partial charge in [0, 0.05) is 18.2 Å². The van der Waals surface area contributed by atoms with Gasteiger partial charge in [-0.1, -0.05) is 65.0 Å². The fourth-order valence-electron chi connectivity index (χ4n) is 5.20. The van der Waals surface area contributed by atoms with E-state index in [9.17, 15) is 0 Å². The number of benzene rings is 2. The lowest BCUT2D eigenvalue weighted by Crippen LogP contribution is -2.51. The zero-order valence-corrected chi connectivity index (χ0v) is 18.8. The number of aromatic nitrogens is 2. The van der Waals surface area contributed by atoms with Crippen molar-refractivity contribution in [2.75, 3.05) is 9.80 Å². The van der Waals surface area contributed by atoms with Gasteiger partial charge in [-0.25, -0.2) is 4.98 Å². The number of aryl methyl sites for hydroxylation is 1. The molecule has 3 atom stereocenters. The average molecular weight is 391 g/mol. The van der Waals surface area contributed by atoms with Gasteiger partial charge >= 0.3 is 0 Å². The zero-order valence-electron chi connectivity index (χ0n) is 18.8. The van der Waals surface area contributed by atoms with Crippen molar-refractivity contribution in [1.82, 2.24) is 9.55 Å². The highest BCUT2D eigenvalue weighted by Gasteiger charge is 2.51. The summed E-state index contributed by atoms with van der Waals surface area (Å²) in [7, 11) is 2.15. The summed E-state index contributed by atoms with van der Waals surface area (Å²) in [5.74, 6) is 1.58. The van der Waals surface area contributed by atoms with E-state index in [2.05, 4.69) is 118 Å². The van der Waals surface area contributed by atoms with Crippen LogP contribution in [0.15, 0.2) is 54.6 Å². The van der Waals surface area contributed by atoms with Crippen LogP contribution in [-0.4, -0.2) is 27.8 Å². The summed E-state index contributed by atoms with van der Waals surface area (Å²) in [5, 5.41) is 0. The van der Waals surface area contributed by atoms with Crippen LogP contribution in [0, 0.1) is 11.3 Å². The van der Waals surface area contributed by atoms with E-state index in [-0.39, 0.29) is 11.6 Å². The second-order valence-corrected chi connectivity index (χ2v) is 9.82. The number of hydrogen-bond donors (Lipinski definition) is 0. The number of rotatable bonds is 3. The fourth-order valence-corrected chi connectivity index (χ4v) is 5.20. The highest BCUT2D eigenvalue weighted by Crippen LogP contribution is 2.44. The minimum Gasteiger partial charge on any atom is -0.345 e. The maximum absolute atomic E-state index is 5.09. The van der Waals surface area contributed by atoms with Crippen molar-refractivity contribution < 1.29 is 0 Å². The molecule has 0 aliphatic carbocycles. The van der Waals surface area contributed by atoms with Crippen molar-refractivity contribution in [1.29, 1.82) is 0 Å². The monoisotopic (exact) mass is 390 g/mol. The molecule has 1 saturated heterocycles. The lowest BCUT2D eigenvalue weighted by molar-refractivity contribution is 0.310. The van der Waals surface area contributed by atoms with Gasteiger partial charge in [0.15, 0.2) is 0 Å². The highest BCUT2D eigenvalue weighted by atomic mass is 15.5. The van der Waals surface area contributed by atoms with Gasteiger partial charge in [-0.05, 0) is 37.1 Å². The predicted molar refractivity (Wildman–Crippen MR) is 123 cm³/mol. The maximum Gasteiger partial charge on any atom is 0.208 e. The molecule has 2 heterocycles. The second kappa shape index (κ2) is 7.08. The van der Waals surface area contributed by atoms with Crippen LogP contribution in [0.1, 0.15) is 41.5 Å². The summed E-state index contributed by atoms with van der Waals surface area (Å²) in [6.07, 6.45) is 0.211. The molecule has 0 saturated carbocycles. The van der Waals surface area contributed by atoms with E-state index in [1.54, 1.807) is 0 Å². The molecule has 1 aliphatic heterocycles. The van der Waals surface area contributed by atoms with Crippen LogP contribution >= 0.6 is 0 Å². The summed E-state index contributed by atoms with van der Waals surface area (Å²) in [5.41, 5.74) is 3.58. The number of hydrogen-bond acceptors (Lipinski definition) is 3. The number of fused-ring (bicyclic) bond motifs is 1. The summed E-state index contributed by atoms with van der Waals surface area (Å²) < 4.78 is 2.26. The Balaban J connectivity index is 1.93. The van der Waals surface area contributed by atoms with Crippen molar-refractivity contribution in [3.8, 4) is 0 Å². The molecule has 3 aromatic rings. The van der Waals surface area contributed by atoms with Crippen molar-refractivity contribution in [3.05, 3.63) is 54.6 Å². The lowest BCUT2D eigenvalue weighted by Gasteiger charge is -2.42. The molecule has 4 nitrogen and oxygen atoms in total. The lowest BCUT2D eigenvalue weighted by atomic mass is 9.90. The van der Waals surface area contributed by atoms with Gasteiger partial charge in [0.1, 0.15) is 6.17 Å². The van der Waals surface area contributed by atoms with E-state index in [0.29, 0.717) is 18.0 Å². The van der Waals surface area contributed by atoms with E-state index in [4.69, 9.17) is 4.98 Å². The Kier molecular flexibility index (Phi) is 4.84. The minimum atomic E-state index is 0.0475. The zero-order chi connectivity index (χ0) is 20.9. The first-order chi connectivity index (χ1) is 13.7. The summed E-state index contributed by atoms with van der Waals surface area (Å²) in [6.45, 7) is 14.1. The molecule has 0 bridgehead atoms. The normalized spacial score (nSPS) is 22.8. The molecular weight excluding hydrogens is 356 g/mol. The molecule has 2 unspecified atom stereocenters. The molecule has 2 aromatic carbocycles. The summed E-state index contributed by atoms with van der Waals surface area (Å²) in [4.78, 5) is 10.3. The van der Waals surface area contributed by atoms with Gasteiger partial charge in [0.25, 0.3) is 0 Å². The third-order valence-corrected chi connectivity index (χ3v) is 6.29. The Labute approximate surface area is 175 Å². The molecule has 0 amide bonds. The highest BCUT2D eigenvalue weighted by molar-refractivity contribution is 5.79. The Hall–Kier alpha value is -2.49. The number of anilines is 2. The van der Waals surface area contributed by atoms with Crippen molar-refractivity contribution in [2.24, 2.45) is 18.4 Å².